The smallest absolute Gasteiger partial charge is 0.0504 e. The highest BCUT2D eigenvalue weighted by atomic mass is 32.2. The van der Waals surface area contributed by atoms with Gasteiger partial charge in [-0.25, -0.2) is 0 Å². The van der Waals surface area contributed by atoms with E-state index in [9.17, 15) is 4.21 Å². The van der Waals surface area contributed by atoms with E-state index in [-0.39, 0.29) is 0 Å². The van der Waals surface area contributed by atoms with Gasteiger partial charge in [-0.2, -0.15) is 0 Å². The van der Waals surface area contributed by atoms with Gasteiger partial charge < -0.3 is 0 Å². The first-order valence-electron chi connectivity index (χ1n) is 3.43. The van der Waals surface area contributed by atoms with Crippen molar-refractivity contribution in [1.82, 2.24) is 0 Å². The highest BCUT2D eigenvalue weighted by Gasteiger charge is 2.02. The molecule has 11 heavy (non-hydrogen) atoms. The van der Waals surface area contributed by atoms with Crippen molar-refractivity contribution in [2.45, 2.75) is 4.90 Å². The van der Waals surface area contributed by atoms with Gasteiger partial charge >= 0.3 is 0 Å². The minimum Gasteiger partial charge on any atom is -0.255 e. The molecule has 0 heterocycles. The van der Waals surface area contributed by atoms with Crippen LogP contribution in [0.15, 0.2) is 35.2 Å². The molecule has 1 atom stereocenters. The van der Waals surface area contributed by atoms with E-state index in [0.29, 0.717) is 0 Å². The van der Waals surface area contributed by atoms with E-state index in [0.717, 1.165) is 15.7 Å². The SMILES string of the molecule is CS(=O)c1cc2ccc1cc2. The van der Waals surface area contributed by atoms with Crippen LogP contribution in [0.4, 0.5) is 0 Å². The molecule has 0 fully saturated rings. The van der Waals surface area contributed by atoms with E-state index in [1.165, 1.54) is 0 Å². The molecule has 0 radical (unpaired) electrons. The van der Waals surface area contributed by atoms with Gasteiger partial charge in [-0.3, -0.25) is 4.21 Å². The summed E-state index contributed by atoms with van der Waals surface area (Å²) in [4.78, 5) is 0.949. The zero-order valence-corrected chi connectivity index (χ0v) is 7.02. The van der Waals surface area contributed by atoms with Gasteiger partial charge in [-0.15, -0.1) is 0 Å². The fourth-order valence-corrected chi connectivity index (χ4v) is 2.00. The molecule has 0 amide bonds. The summed E-state index contributed by atoms with van der Waals surface area (Å²) in [6, 6.07) is 10.1. The summed E-state index contributed by atoms with van der Waals surface area (Å²) in [5, 5.41) is 2.23. The van der Waals surface area contributed by atoms with Gasteiger partial charge in [0.25, 0.3) is 0 Å². The van der Waals surface area contributed by atoms with Gasteiger partial charge in [0.15, 0.2) is 0 Å². The fraction of sp³-hybridized carbons (Fsp3) is 0.111. The van der Waals surface area contributed by atoms with Crippen LogP contribution in [0.2, 0.25) is 0 Å². The molecule has 0 saturated heterocycles. The Bertz CT molecular complexity index is 374. The van der Waals surface area contributed by atoms with E-state index in [4.69, 9.17) is 0 Å². The van der Waals surface area contributed by atoms with Gasteiger partial charge in [-0.05, 0) is 16.8 Å². The molecule has 2 heteroatoms. The molecule has 0 aliphatic rings. The van der Waals surface area contributed by atoms with Gasteiger partial charge in [0, 0.05) is 11.2 Å². The summed E-state index contributed by atoms with van der Waals surface area (Å²) in [5.74, 6) is 0. The molecule has 0 aromatic heterocycles. The predicted molar refractivity (Wildman–Crippen MR) is 47.5 cm³/mol. The lowest BCUT2D eigenvalue weighted by atomic mass is 10.1. The van der Waals surface area contributed by atoms with Crippen LogP contribution >= 0.6 is 0 Å². The Balaban J connectivity index is 2.78. The van der Waals surface area contributed by atoms with Gasteiger partial charge in [0.1, 0.15) is 0 Å². The minimum atomic E-state index is -0.851. The van der Waals surface area contributed by atoms with Crippen LogP contribution in [-0.2, 0) is 10.8 Å². The molecule has 2 bridgehead atoms. The molecular formula is C9H8OS. The van der Waals surface area contributed by atoms with Crippen LogP contribution in [0.25, 0.3) is 10.8 Å². The highest BCUT2D eigenvalue weighted by molar-refractivity contribution is 7.84. The summed E-state index contributed by atoms with van der Waals surface area (Å²) in [5.41, 5.74) is 0. The third-order valence-corrected chi connectivity index (χ3v) is 2.78. The standard InChI is InChI=1S/C9H8OS/c1-11(10)9-6-7-2-4-8(9)5-3-7/h2-6H,1H3. The maximum atomic E-state index is 11.1. The number of fused-ring (bicyclic) bond motifs is 3. The second kappa shape index (κ2) is 2.31. The van der Waals surface area contributed by atoms with Gasteiger partial charge in [0.05, 0.1) is 10.8 Å². The van der Waals surface area contributed by atoms with Crippen LogP contribution in [0.3, 0.4) is 0 Å². The molecule has 0 saturated carbocycles. The first-order chi connectivity index (χ1) is 5.27. The van der Waals surface area contributed by atoms with Crippen LogP contribution in [0.5, 0.6) is 0 Å². The molecule has 3 rings (SSSR count). The van der Waals surface area contributed by atoms with E-state index < -0.39 is 10.8 Å². The Hall–Kier alpha value is -0.890. The third-order valence-electron chi connectivity index (χ3n) is 1.80. The predicted octanol–water partition coefficient (Wildman–Crippen LogP) is 2.01. The number of hydrogen-bond donors (Lipinski definition) is 0. The molecule has 1 nitrogen and oxygen atoms in total. The first-order valence-corrected chi connectivity index (χ1v) is 4.99. The Kier molecular flexibility index (Phi) is 1.43. The topological polar surface area (TPSA) is 17.1 Å². The van der Waals surface area contributed by atoms with Gasteiger partial charge in [-0.1, -0.05) is 24.3 Å². The summed E-state index contributed by atoms with van der Waals surface area (Å²) in [6.45, 7) is 0. The van der Waals surface area contributed by atoms with Crippen molar-refractivity contribution in [3.63, 3.8) is 0 Å². The van der Waals surface area contributed by atoms with Crippen molar-refractivity contribution in [2.75, 3.05) is 6.26 Å². The van der Waals surface area contributed by atoms with E-state index in [1.54, 1.807) is 6.26 Å². The van der Waals surface area contributed by atoms with Crippen molar-refractivity contribution >= 4 is 21.6 Å². The fourth-order valence-electron chi connectivity index (χ4n) is 1.23. The van der Waals surface area contributed by atoms with Crippen molar-refractivity contribution in [3.8, 4) is 0 Å². The average molecular weight is 164 g/mol. The zero-order valence-electron chi connectivity index (χ0n) is 6.20. The molecule has 56 valence electrons. The first kappa shape index (κ1) is 6.80. The van der Waals surface area contributed by atoms with Crippen molar-refractivity contribution in [1.29, 1.82) is 0 Å². The Labute approximate surface area is 67.8 Å². The number of hydrogen-bond acceptors (Lipinski definition) is 1. The van der Waals surface area contributed by atoms with Crippen molar-refractivity contribution in [3.05, 3.63) is 30.3 Å². The largest absolute Gasteiger partial charge is 0.255 e. The van der Waals surface area contributed by atoms with Crippen LogP contribution in [-0.4, -0.2) is 10.5 Å². The maximum absolute atomic E-state index is 11.1. The molecule has 1 unspecified atom stereocenters. The van der Waals surface area contributed by atoms with Crippen LogP contribution in [0.1, 0.15) is 0 Å². The lowest BCUT2D eigenvalue weighted by molar-refractivity contribution is 0.687. The number of rotatable bonds is 1. The summed E-state index contributed by atoms with van der Waals surface area (Å²) >= 11 is 0. The molecule has 0 aliphatic heterocycles. The Morgan fingerprint density at radius 3 is 2.09 bits per heavy atom. The summed E-state index contributed by atoms with van der Waals surface area (Å²) in [7, 11) is -0.851. The summed E-state index contributed by atoms with van der Waals surface area (Å²) in [6.07, 6.45) is 1.71. The van der Waals surface area contributed by atoms with Crippen molar-refractivity contribution < 1.29 is 4.21 Å². The quantitative estimate of drug-likeness (QED) is 0.630. The molecule has 0 spiro atoms. The third kappa shape index (κ3) is 1.03. The molecule has 3 aromatic rings. The molecule has 3 aromatic carbocycles. The maximum Gasteiger partial charge on any atom is 0.0504 e. The monoisotopic (exact) mass is 164 g/mol. The van der Waals surface area contributed by atoms with Crippen LogP contribution < -0.4 is 0 Å². The normalized spacial score (nSPS) is 13.9. The summed E-state index contributed by atoms with van der Waals surface area (Å²) < 4.78 is 11.1. The lowest BCUT2D eigenvalue weighted by Gasteiger charge is -2.03. The van der Waals surface area contributed by atoms with E-state index in [1.807, 2.05) is 30.3 Å². The minimum absolute atomic E-state index is 0.851. The second-order valence-corrected chi connectivity index (χ2v) is 3.93. The average Bonchev–Trinajstić information content (AvgIpc) is 2.06. The number of benzene rings is 3. The highest BCUT2D eigenvalue weighted by Crippen LogP contribution is 2.20. The van der Waals surface area contributed by atoms with Crippen LogP contribution in [0, 0.1) is 0 Å². The second-order valence-electron chi connectivity index (χ2n) is 2.58. The van der Waals surface area contributed by atoms with Gasteiger partial charge in [0.2, 0.25) is 0 Å². The zero-order chi connectivity index (χ0) is 7.84. The van der Waals surface area contributed by atoms with E-state index in [2.05, 4.69) is 0 Å². The Morgan fingerprint density at radius 2 is 1.82 bits per heavy atom. The molecule has 0 aliphatic carbocycles. The molecular weight excluding hydrogens is 156 g/mol. The lowest BCUT2D eigenvalue weighted by Crippen LogP contribution is -1.89. The van der Waals surface area contributed by atoms with Crippen molar-refractivity contribution in [2.24, 2.45) is 0 Å². The Morgan fingerprint density at radius 1 is 1.18 bits per heavy atom. The van der Waals surface area contributed by atoms with E-state index >= 15 is 0 Å². The molecule has 0 N–H and O–H groups in total.